The zero-order valence-corrected chi connectivity index (χ0v) is 38.3. The summed E-state index contributed by atoms with van der Waals surface area (Å²) < 4.78 is 0. The molecule has 0 rings (SSSR count). The Morgan fingerprint density at radius 1 is 0.393 bits per heavy atom. The predicted molar refractivity (Wildman–Crippen MR) is 248 cm³/mol. The zero-order valence-electron chi connectivity index (χ0n) is 38.3. The number of allylic oxidation sites excluding steroid dienone is 2. The first-order chi connectivity index (χ1) is 27.6. The van der Waals surface area contributed by atoms with Gasteiger partial charge in [-0.3, -0.25) is 9.59 Å². The minimum atomic E-state index is -0.0685. The van der Waals surface area contributed by atoms with Crippen LogP contribution in [0.25, 0.3) is 0 Å². The van der Waals surface area contributed by atoms with E-state index in [2.05, 4.69) is 31.3 Å². The molecule has 0 aliphatic rings. The van der Waals surface area contributed by atoms with E-state index in [1.54, 1.807) is 0 Å². The molecule has 332 valence electrons. The largest absolute Gasteiger partial charge is 0.394 e. The molecule has 0 saturated heterocycles. The number of ketones is 1. The van der Waals surface area contributed by atoms with Crippen LogP contribution in [0.2, 0.25) is 0 Å². The zero-order chi connectivity index (χ0) is 40.7. The van der Waals surface area contributed by atoms with Crippen molar-refractivity contribution in [2.75, 3.05) is 6.61 Å². The van der Waals surface area contributed by atoms with Crippen LogP contribution in [0.4, 0.5) is 0 Å². The summed E-state index contributed by atoms with van der Waals surface area (Å²) in [6.07, 6.45) is 60.0. The van der Waals surface area contributed by atoms with Gasteiger partial charge in [-0.25, -0.2) is 0 Å². The van der Waals surface area contributed by atoms with E-state index in [1.165, 1.54) is 225 Å². The summed E-state index contributed by atoms with van der Waals surface area (Å²) in [7, 11) is 0. The van der Waals surface area contributed by atoms with Crippen LogP contribution in [0.1, 0.15) is 296 Å². The number of nitrogens with one attached hydrogen (secondary N) is 1. The Balaban J connectivity index is 3.38. The van der Waals surface area contributed by atoms with Crippen LogP contribution < -0.4 is 5.32 Å². The average Bonchev–Trinajstić information content (AvgIpc) is 3.20. The van der Waals surface area contributed by atoms with Crippen LogP contribution in [-0.2, 0) is 9.59 Å². The number of rotatable bonds is 48. The second-order valence-electron chi connectivity index (χ2n) is 17.8. The highest BCUT2D eigenvalue weighted by Gasteiger charge is 2.11. The predicted octanol–water partition coefficient (Wildman–Crippen LogP) is 16.8. The number of hydrogen-bond donors (Lipinski definition) is 2. The van der Waals surface area contributed by atoms with Crippen LogP contribution in [0.3, 0.4) is 0 Å². The molecule has 0 saturated carbocycles. The van der Waals surface area contributed by atoms with Crippen molar-refractivity contribution >= 4 is 11.7 Å². The monoisotopic (exact) mass is 788 g/mol. The van der Waals surface area contributed by atoms with E-state index in [1.807, 2.05) is 0 Å². The maximum Gasteiger partial charge on any atom is 0.220 e. The summed E-state index contributed by atoms with van der Waals surface area (Å²) in [5, 5.41) is 12.8. The molecule has 1 amide bonds. The topological polar surface area (TPSA) is 66.4 Å². The summed E-state index contributed by atoms with van der Waals surface area (Å²) >= 11 is 0. The number of Topliss-reactive ketones (excluding diaryl/α,β-unsaturated/α-hetero) is 1. The van der Waals surface area contributed by atoms with Crippen molar-refractivity contribution in [1.29, 1.82) is 0 Å². The third-order valence-corrected chi connectivity index (χ3v) is 12.1. The van der Waals surface area contributed by atoms with E-state index in [4.69, 9.17) is 0 Å². The molecule has 0 aromatic rings. The quantitative estimate of drug-likeness (QED) is 0.0477. The van der Waals surface area contributed by atoms with Crippen LogP contribution in [0, 0.1) is 0 Å². The lowest BCUT2D eigenvalue weighted by atomic mass is 10.0. The number of aliphatic hydroxyl groups is 1. The first-order valence-corrected chi connectivity index (χ1v) is 25.7. The summed E-state index contributed by atoms with van der Waals surface area (Å²) in [6, 6.07) is -0.0685. The van der Waals surface area contributed by atoms with Gasteiger partial charge in [0.15, 0.2) is 0 Å². The van der Waals surface area contributed by atoms with E-state index in [0.29, 0.717) is 12.2 Å². The standard InChI is InChI=1S/C52H101NO3/c1-3-5-7-9-11-13-15-17-19-22-26-30-34-38-42-46-51(55)47-43-39-35-31-27-23-20-24-28-32-36-40-44-48-52(56)53-50(49-54)45-41-37-33-29-25-21-18-16-14-12-10-8-6-4-2/h17,19,50,54H,3-16,18,20-49H2,1-2H3,(H,53,56)/b19-17-. The molecule has 4 nitrogen and oxygen atoms in total. The maximum absolute atomic E-state index is 12.4. The van der Waals surface area contributed by atoms with Crippen molar-refractivity contribution in [3.05, 3.63) is 12.2 Å². The Morgan fingerprint density at radius 3 is 1.02 bits per heavy atom. The van der Waals surface area contributed by atoms with Crippen molar-refractivity contribution < 1.29 is 14.7 Å². The molecule has 2 N–H and O–H groups in total. The van der Waals surface area contributed by atoms with Gasteiger partial charge in [0.05, 0.1) is 12.6 Å². The second-order valence-corrected chi connectivity index (χ2v) is 17.8. The van der Waals surface area contributed by atoms with Crippen LogP contribution in [0.5, 0.6) is 0 Å². The van der Waals surface area contributed by atoms with Crippen molar-refractivity contribution in [1.82, 2.24) is 5.32 Å². The molecule has 0 radical (unpaired) electrons. The lowest BCUT2D eigenvalue weighted by molar-refractivity contribution is -0.122. The molecular formula is C52H101NO3. The van der Waals surface area contributed by atoms with E-state index in [9.17, 15) is 14.7 Å². The smallest absolute Gasteiger partial charge is 0.220 e. The highest BCUT2D eigenvalue weighted by molar-refractivity contribution is 5.78. The van der Waals surface area contributed by atoms with Gasteiger partial charge in [0.25, 0.3) is 0 Å². The van der Waals surface area contributed by atoms with Gasteiger partial charge in [-0.05, 0) is 51.4 Å². The molecule has 0 aliphatic carbocycles. The molecule has 1 atom stereocenters. The van der Waals surface area contributed by atoms with Crippen LogP contribution in [-0.4, -0.2) is 29.4 Å². The lowest BCUT2D eigenvalue weighted by Crippen LogP contribution is -2.37. The average molecular weight is 788 g/mol. The van der Waals surface area contributed by atoms with Crippen LogP contribution in [0.15, 0.2) is 12.2 Å². The fourth-order valence-electron chi connectivity index (χ4n) is 8.16. The number of amides is 1. The van der Waals surface area contributed by atoms with Crippen molar-refractivity contribution in [2.24, 2.45) is 0 Å². The Bertz CT molecular complexity index is 810. The number of carbonyl (C=O) groups is 2. The van der Waals surface area contributed by atoms with Gasteiger partial charge in [0.1, 0.15) is 5.78 Å². The van der Waals surface area contributed by atoms with Gasteiger partial charge in [-0.2, -0.15) is 0 Å². The van der Waals surface area contributed by atoms with E-state index < -0.39 is 0 Å². The van der Waals surface area contributed by atoms with Gasteiger partial charge < -0.3 is 10.4 Å². The summed E-state index contributed by atoms with van der Waals surface area (Å²) in [5.41, 5.74) is 0. The molecule has 0 spiro atoms. The van der Waals surface area contributed by atoms with Crippen molar-refractivity contribution in [3.63, 3.8) is 0 Å². The second kappa shape index (κ2) is 48.2. The van der Waals surface area contributed by atoms with Gasteiger partial charge in [-0.15, -0.1) is 0 Å². The molecule has 0 bridgehead atoms. The summed E-state index contributed by atoms with van der Waals surface area (Å²) in [5.74, 6) is 0.613. The number of hydrogen-bond acceptors (Lipinski definition) is 3. The Labute approximate surface area is 351 Å². The molecule has 0 aromatic heterocycles. The third kappa shape index (κ3) is 45.5. The highest BCUT2D eigenvalue weighted by atomic mass is 16.3. The molecule has 1 unspecified atom stereocenters. The minimum absolute atomic E-state index is 0.0591. The first kappa shape index (κ1) is 54.8. The van der Waals surface area contributed by atoms with Crippen molar-refractivity contribution in [2.45, 2.75) is 302 Å². The van der Waals surface area contributed by atoms with E-state index >= 15 is 0 Å². The van der Waals surface area contributed by atoms with Crippen LogP contribution >= 0.6 is 0 Å². The van der Waals surface area contributed by atoms with E-state index in [0.717, 1.165) is 51.4 Å². The fraction of sp³-hybridized carbons (Fsp3) is 0.923. The maximum atomic E-state index is 12.4. The van der Waals surface area contributed by atoms with Gasteiger partial charge in [0, 0.05) is 19.3 Å². The first-order valence-electron chi connectivity index (χ1n) is 25.7. The molecule has 56 heavy (non-hydrogen) atoms. The fourth-order valence-corrected chi connectivity index (χ4v) is 8.16. The normalized spacial score (nSPS) is 12.2. The number of carbonyl (C=O) groups excluding carboxylic acids is 2. The number of unbranched alkanes of at least 4 members (excludes halogenated alkanes) is 36. The Morgan fingerprint density at radius 2 is 0.679 bits per heavy atom. The molecular weight excluding hydrogens is 687 g/mol. The SMILES string of the molecule is CCCCCCCC/C=C\CCCCCCCC(=O)CCCCCCCCCCCCCCCC(=O)NC(CO)CCCCCCCCCCCCCCCC. The molecule has 0 aliphatic heterocycles. The minimum Gasteiger partial charge on any atom is -0.394 e. The third-order valence-electron chi connectivity index (χ3n) is 12.1. The van der Waals surface area contributed by atoms with Crippen molar-refractivity contribution in [3.8, 4) is 0 Å². The number of aliphatic hydroxyl groups excluding tert-OH is 1. The van der Waals surface area contributed by atoms with E-state index in [-0.39, 0.29) is 18.6 Å². The van der Waals surface area contributed by atoms with Gasteiger partial charge in [-0.1, -0.05) is 238 Å². The molecule has 0 fully saturated rings. The summed E-state index contributed by atoms with van der Waals surface area (Å²) in [4.78, 5) is 24.6. The molecule has 0 aromatic carbocycles. The Hall–Kier alpha value is -1.16. The molecule has 0 heterocycles. The van der Waals surface area contributed by atoms with Gasteiger partial charge in [0.2, 0.25) is 5.91 Å². The summed E-state index contributed by atoms with van der Waals surface area (Å²) in [6.45, 7) is 4.62. The highest BCUT2D eigenvalue weighted by Crippen LogP contribution is 2.17. The Kier molecular flexibility index (Phi) is 47.2. The lowest BCUT2D eigenvalue weighted by Gasteiger charge is -2.16. The van der Waals surface area contributed by atoms with Gasteiger partial charge >= 0.3 is 0 Å². The molecule has 4 heteroatoms.